The van der Waals surface area contributed by atoms with E-state index in [2.05, 4.69) is 5.32 Å². The molecule has 0 heterocycles. The molecule has 98 valence electrons. The number of benzene rings is 1. The molecule has 0 atom stereocenters. The van der Waals surface area contributed by atoms with Gasteiger partial charge in [0.15, 0.2) is 5.78 Å². The first-order chi connectivity index (χ1) is 8.67. The van der Waals surface area contributed by atoms with Gasteiger partial charge in [-0.3, -0.25) is 9.59 Å². The Morgan fingerprint density at radius 2 is 1.72 bits per heavy atom. The average Bonchev–Trinajstić information content (AvgIpc) is 2.43. The summed E-state index contributed by atoms with van der Waals surface area (Å²) in [6.07, 6.45) is 2.43. The Hall–Kier alpha value is -1.84. The maximum Gasteiger partial charge on any atom is 0.219 e. The number of carbonyl (C=O) groups is 2. The summed E-state index contributed by atoms with van der Waals surface area (Å²) in [5, 5.41) is 2.56. The predicted molar refractivity (Wildman–Crippen MR) is 69.9 cm³/mol. The van der Waals surface area contributed by atoms with E-state index < -0.39 is 0 Å². The van der Waals surface area contributed by atoms with E-state index in [1.807, 2.05) is 0 Å². The lowest BCUT2D eigenvalue weighted by atomic mass is 10.0. The van der Waals surface area contributed by atoms with Crippen molar-refractivity contribution in [3.63, 3.8) is 0 Å². The topological polar surface area (TPSA) is 55.4 Å². The van der Waals surface area contributed by atoms with Gasteiger partial charge in [0.25, 0.3) is 0 Å². The number of methoxy groups -OCH3 is 1. The third kappa shape index (κ3) is 4.57. The number of nitrogens with one attached hydrogen (secondary N) is 1. The van der Waals surface area contributed by atoms with Gasteiger partial charge in [0.2, 0.25) is 5.91 Å². The molecule has 1 amide bonds. The van der Waals surface area contributed by atoms with Gasteiger partial charge in [0.05, 0.1) is 7.11 Å². The van der Waals surface area contributed by atoms with Crippen LogP contribution in [0.5, 0.6) is 5.75 Å². The lowest BCUT2D eigenvalue weighted by Crippen LogP contribution is -2.17. The second-order valence-electron chi connectivity index (χ2n) is 4.03. The maximum atomic E-state index is 11.8. The van der Waals surface area contributed by atoms with Crippen LogP contribution in [0.25, 0.3) is 0 Å². The third-order valence-electron chi connectivity index (χ3n) is 2.75. The molecule has 0 saturated heterocycles. The van der Waals surface area contributed by atoms with Crippen molar-refractivity contribution in [2.45, 2.75) is 25.7 Å². The molecule has 0 radical (unpaired) electrons. The molecule has 1 aromatic rings. The zero-order valence-corrected chi connectivity index (χ0v) is 10.9. The second kappa shape index (κ2) is 7.48. The summed E-state index contributed by atoms with van der Waals surface area (Å²) >= 11 is 0. The highest BCUT2D eigenvalue weighted by atomic mass is 16.5. The van der Waals surface area contributed by atoms with Crippen LogP contribution >= 0.6 is 0 Å². The SMILES string of the molecule is CNC(=O)CCCCC(=O)c1ccc(OC)cc1. The van der Waals surface area contributed by atoms with Crippen LogP contribution in [-0.2, 0) is 4.79 Å². The van der Waals surface area contributed by atoms with Crippen molar-refractivity contribution < 1.29 is 14.3 Å². The zero-order valence-electron chi connectivity index (χ0n) is 10.9. The lowest BCUT2D eigenvalue weighted by Gasteiger charge is -2.03. The van der Waals surface area contributed by atoms with Gasteiger partial charge < -0.3 is 10.1 Å². The monoisotopic (exact) mass is 249 g/mol. The molecule has 0 aromatic heterocycles. The van der Waals surface area contributed by atoms with Crippen molar-refractivity contribution in [3.8, 4) is 5.75 Å². The standard InChI is InChI=1S/C14H19NO3/c1-15-14(17)6-4-3-5-13(16)11-7-9-12(18-2)10-8-11/h7-10H,3-6H2,1-2H3,(H,15,17). The van der Waals surface area contributed by atoms with Crippen LogP contribution in [0.15, 0.2) is 24.3 Å². The number of ketones is 1. The molecular formula is C14H19NO3. The van der Waals surface area contributed by atoms with Crippen molar-refractivity contribution in [3.05, 3.63) is 29.8 Å². The van der Waals surface area contributed by atoms with Crippen LogP contribution in [-0.4, -0.2) is 25.8 Å². The Morgan fingerprint density at radius 1 is 1.11 bits per heavy atom. The minimum atomic E-state index is 0.0203. The lowest BCUT2D eigenvalue weighted by molar-refractivity contribution is -0.120. The maximum absolute atomic E-state index is 11.8. The van der Waals surface area contributed by atoms with E-state index in [0.29, 0.717) is 18.4 Å². The first-order valence-electron chi connectivity index (χ1n) is 6.05. The van der Waals surface area contributed by atoms with Crippen molar-refractivity contribution >= 4 is 11.7 Å². The van der Waals surface area contributed by atoms with Gasteiger partial charge in [-0.2, -0.15) is 0 Å². The molecule has 18 heavy (non-hydrogen) atoms. The van der Waals surface area contributed by atoms with Crippen molar-refractivity contribution in [2.75, 3.05) is 14.2 Å². The molecular weight excluding hydrogens is 230 g/mol. The fourth-order valence-corrected chi connectivity index (χ4v) is 1.62. The molecule has 4 nitrogen and oxygen atoms in total. The van der Waals surface area contributed by atoms with E-state index in [-0.39, 0.29) is 11.7 Å². The number of rotatable bonds is 7. The summed E-state index contributed by atoms with van der Waals surface area (Å²) in [6, 6.07) is 7.08. The minimum absolute atomic E-state index is 0.0203. The number of unbranched alkanes of at least 4 members (excludes halogenated alkanes) is 1. The zero-order chi connectivity index (χ0) is 13.4. The smallest absolute Gasteiger partial charge is 0.219 e. The van der Waals surface area contributed by atoms with Crippen LogP contribution in [0.3, 0.4) is 0 Å². The van der Waals surface area contributed by atoms with Gasteiger partial charge in [-0.15, -0.1) is 0 Å². The van der Waals surface area contributed by atoms with E-state index in [1.165, 1.54) is 0 Å². The molecule has 0 aliphatic rings. The quantitative estimate of drug-likeness (QED) is 0.595. The summed E-state index contributed by atoms with van der Waals surface area (Å²) in [4.78, 5) is 22.8. The molecule has 0 unspecified atom stereocenters. The fraction of sp³-hybridized carbons (Fsp3) is 0.429. The highest BCUT2D eigenvalue weighted by Gasteiger charge is 2.06. The van der Waals surface area contributed by atoms with E-state index in [4.69, 9.17) is 4.74 Å². The van der Waals surface area contributed by atoms with Gasteiger partial charge in [-0.25, -0.2) is 0 Å². The first-order valence-corrected chi connectivity index (χ1v) is 6.05. The summed E-state index contributed by atoms with van der Waals surface area (Å²) in [7, 11) is 3.21. The van der Waals surface area contributed by atoms with Gasteiger partial charge in [0, 0.05) is 25.5 Å². The number of hydrogen-bond donors (Lipinski definition) is 1. The fourth-order valence-electron chi connectivity index (χ4n) is 1.62. The Bertz CT molecular complexity index is 398. The van der Waals surface area contributed by atoms with E-state index in [1.54, 1.807) is 38.4 Å². The average molecular weight is 249 g/mol. The van der Waals surface area contributed by atoms with E-state index in [9.17, 15) is 9.59 Å². The Kier molecular flexibility index (Phi) is 5.91. The molecule has 0 bridgehead atoms. The summed E-state index contributed by atoms with van der Waals surface area (Å²) in [6.45, 7) is 0. The summed E-state index contributed by atoms with van der Waals surface area (Å²) in [5.41, 5.74) is 0.691. The highest BCUT2D eigenvalue weighted by Crippen LogP contribution is 2.14. The second-order valence-corrected chi connectivity index (χ2v) is 4.03. The molecule has 1 rings (SSSR count). The number of hydrogen-bond acceptors (Lipinski definition) is 3. The van der Waals surface area contributed by atoms with Gasteiger partial charge in [-0.05, 0) is 37.1 Å². The number of ether oxygens (including phenoxy) is 1. The van der Waals surface area contributed by atoms with Gasteiger partial charge >= 0.3 is 0 Å². The molecule has 0 fully saturated rings. The van der Waals surface area contributed by atoms with Gasteiger partial charge in [0.1, 0.15) is 5.75 Å². The van der Waals surface area contributed by atoms with Crippen LogP contribution in [0, 0.1) is 0 Å². The Morgan fingerprint density at radius 3 is 2.28 bits per heavy atom. The summed E-state index contributed by atoms with van der Waals surface area (Å²) < 4.78 is 5.03. The molecule has 1 N–H and O–H groups in total. The van der Waals surface area contributed by atoms with Crippen LogP contribution in [0.4, 0.5) is 0 Å². The molecule has 0 spiro atoms. The Labute approximate surface area is 107 Å². The predicted octanol–water partition coefficient (Wildman–Crippen LogP) is 2.18. The minimum Gasteiger partial charge on any atom is -0.497 e. The number of amides is 1. The van der Waals surface area contributed by atoms with E-state index in [0.717, 1.165) is 18.6 Å². The number of carbonyl (C=O) groups excluding carboxylic acids is 2. The molecule has 0 aliphatic carbocycles. The van der Waals surface area contributed by atoms with E-state index >= 15 is 0 Å². The largest absolute Gasteiger partial charge is 0.497 e. The van der Waals surface area contributed by atoms with Crippen molar-refractivity contribution in [1.82, 2.24) is 5.32 Å². The first kappa shape index (κ1) is 14.2. The molecule has 0 saturated carbocycles. The molecule has 1 aromatic carbocycles. The van der Waals surface area contributed by atoms with Crippen molar-refractivity contribution in [1.29, 1.82) is 0 Å². The van der Waals surface area contributed by atoms with Gasteiger partial charge in [-0.1, -0.05) is 0 Å². The Balaban J connectivity index is 2.33. The molecule has 4 heteroatoms. The summed E-state index contributed by atoms with van der Waals surface area (Å²) in [5.74, 6) is 0.868. The number of Topliss-reactive ketones (excluding diaryl/α,β-unsaturated/α-hetero) is 1. The third-order valence-corrected chi connectivity index (χ3v) is 2.75. The molecule has 0 aliphatic heterocycles. The van der Waals surface area contributed by atoms with Crippen LogP contribution in [0.1, 0.15) is 36.0 Å². The van der Waals surface area contributed by atoms with Crippen molar-refractivity contribution in [2.24, 2.45) is 0 Å². The van der Waals surface area contributed by atoms with Crippen LogP contribution < -0.4 is 10.1 Å². The normalized spacial score (nSPS) is 9.89. The highest BCUT2D eigenvalue weighted by molar-refractivity contribution is 5.96. The van der Waals surface area contributed by atoms with Crippen LogP contribution in [0.2, 0.25) is 0 Å².